The number of alkyl halides is 1. The molecule has 72 valence electrons. The highest BCUT2D eigenvalue weighted by Crippen LogP contribution is 2.26. The van der Waals surface area contributed by atoms with Gasteiger partial charge in [0, 0.05) is 12.5 Å². The SMILES string of the molecule is CC(C)CC1CCNCC1CF. The molecular formula is C10H20FN. The zero-order valence-electron chi connectivity index (χ0n) is 8.15. The summed E-state index contributed by atoms with van der Waals surface area (Å²) in [4.78, 5) is 0. The molecule has 0 aromatic rings. The van der Waals surface area contributed by atoms with Crippen LogP contribution in [0.2, 0.25) is 0 Å². The summed E-state index contributed by atoms with van der Waals surface area (Å²) in [6, 6.07) is 0. The number of halogens is 1. The van der Waals surface area contributed by atoms with Crippen molar-refractivity contribution in [1.82, 2.24) is 5.32 Å². The Morgan fingerprint density at radius 3 is 2.75 bits per heavy atom. The minimum Gasteiger partial charge on any atom is -0.316 e. The van der Waals surface area contributed by atoms with Crippen molar-refractivity contribution >= 4 is 0 Å². The van der Waals surface area contributed by atoms with Crippen molar-refractivity contribution in [3.8, 4) is 0 Å². The van der Waals surface area contributed by atoms with Gasteiger partial charge in [0.15, 0.2) is 0 Å². The van der Waals surface area contributed by atoms with Crippen LogP contribution in [0, 0.1) is 17.8 Å². The monoisotopic (exact) mass is 173 g/mol. The van der Waals surface area contributed by atoms with Crippen LogP contribution in [0.15, 0.2) is 0 Å². The molecule has 2 unspecified atom stereocenters. The molecule has 1 rings (SSSR count). The predicted octanol–water partition coefficient (Wildman–Crippen LogP) is 2.23. The van der Waals surface area contributed by atoms with E-state index in [2.05, 4.69) is 19.2 Å². The van der Waals surface area contributed by atoms with Gasteiger partial charge in [0.05, 0.1) is 6.67 Å². The summed E-state index contributed by atoms with van der Waals surface area (Å²) >= 11 is 0. The lowest BCUT2D eigenvalue weighted by atomic mass is 9.81. The lowest BCUT2D eigenvalue weighted by Crippen LogP contribution is -2.38. The number of hydrogen-bond acceptors (Lipinski definition) is 1. The normalized spacial score (nSPS) is 31.0. The minimum absolute atomic E-state index is 0.148. The standard InChI is InChI=1S/C10H20FN/c1-8(2)5-9-3-4-12-7-10(9)6-11/h8-10,12H,3-7H2,1-2H3. The largest absolute Gasteiger partial charge is 0.316 e. The van der Waals surface area contributed by atoms with E-state index in [1.807, 2.05) is 0 Å². The number of nitrogens with one attached hydrogen (secondary N) is 1. The Morgan fingerprint density at radius 1 is 1.42 bits per heavy atom. The summed E-state index contributed by atoms with van der Waals surface area (Å²) in [6.45, 7) is 6.25. The molecule has 1 saturated heterocycles. The first-order valence-corrected chi connectivity index (χ1v) is 5.00. The van der Waals surface area contributed by atoms with Crippen LogP contribution in [0.5, 0.6) is 0 Å². The highest BCUT2D eigenvalue weighted by atomic mass is 19.1. The maximum absolute atomic E-state index is 12.5. The van der Waals surface area contributed by atoms with Gasteiger partial charge in [0.2, 0.25) is 0 Å². The van der Waals surface area contributed by atoms with Crippen molar-refractivity contribution < 1.29 is 4.39 Å². The van der Waals surface area contributed by atoms with Crippen LogP contribution in [0.1, 0.15) is 26.7 Å². The fraction of sp³-hybridized carbons (Fsp3) is 1.00. The summed E-state index contributed by atoms with van der Waals surface area (Å²) in [6.07, 6.45) is 2.35. The zero-order chi connectivity index (χ0) is 8.97. The third-order valence-corrected chi connectivity index (χ3v) is 2.74. The smallest absolute Gasteiger partial charge is 0.0937 e. The second-order valence-corrected chi connectivity index (χ2v) is 4.30. The van der Waals surface area contributed by atoms with E-state index in [9.17, 15) is 4.39 Å². The molecule has 0 amide bonds. The molecular weight excluding hydrogens is 153 g/mol. The van der Waals surface area contributed by atoms with Crippen LogP contribution < -0.4 is 5.32 Å². The number of piperidine rings is 1. The molecule has 0 bridgehead atoms. The van der Waals surface area contributed by atoms with E-state index in [0.29, 0.717) is 11.8 Å². The Morgan fingerprint density at radius 2 is 2.17 bits per heavy atom. The van der Waals surface area contributed by atoms with Gasteiger partial charge in [0.1, 0.15) is 0 Å². The van der Waals surface area contributed by atoms with Crippen LogP contribution in [-0.4, -0.2) is 19.8 Å². The third kappa shape index (κ3) is 2.74. The van der Waals surface area contributed by atoms with Gasteiger partial charge in [0.25, 0.3) is 0 Å². The first kappa shape index (κ1) is 9.97. The molecule has 0 aliphatic carbocycles. The molecule has 1 heterocycles. The van der Waals surface area contributed by atoms with Crippen molar-refractivity contribution in [2.45, 2.75) is 26.7 Å². The highest BCUT2D eigenvalue weighted by molar-refractivity contribution is 4.78. The Hall–Kier alpha value is -0.110. The van der Waals surface area contributed by atoms with Crippen LogP contribution in [0.3, 0.4) is 0 Å². The maximum atomic E-state index is 12.5. The number of rotatable bonds is 3. The van der Waals surface area contributed by atoms with Crippen LogP contribution in [0.25, 0.3) is 0 Å². The van der Waals surface area contributed by atoms with Gasteiger partial charge < -0.3 is 5.32 Å². The van der Waals surface area contributed by atoms with Gasteiger partial charge in [-0.2, -0.15) is 0 Å². The molecule has 0 aromatic carbocycles. The molecule has 0 radical (unpaired) electrons. The van der Waals surface area contributed by atoms with E-state index in [1.165, 1.54) is 6.42 Å². The van der Waals surface area contributed by atoms with Crippen molar-refractivity contribution in [2.24, 2.45) is 17.8 Å². The van der Waals surface area contributed by atoms with Gasteiger partial charge in [-0.3, -0.25) is 4.39 Å². The van der Waals surface area contributed by atoms with E-state index in [4.69, 9.17) is 0 Å². The van der Waals surface area contributed by atoms with Crippen molar-refractivity contribution in [3.63, 3.8) is 0 Å². The average Bonchev–Trinajstić information content (AvgIpc) is 2.04. The highest BCUT2D eigenvalue weighted by Gasteiger charge is 2.24. The Labute approximate surface area is 74.7 Å². The van der Waals surface area contributed by atoms with Gasteiger partial charge >= 0.3 is 0 Å². The summed E-state index contributed by atoms with van der Waals surface area (Å²) in [7, 11) is 0. The predicted molar refractivity (Wildman–Crippen MR) is 49.9 cm³/mol. The maximum Gasteiger partial charge on any atom is 0.0937 e. The van der Waals surface area contributed by atoms with Crippen molar-refractivity contribution in [1.29, 1.82) is 0 Å². The Bertz CT molecular complexity index is 125. The van der Waals surface area contributed by atoms with Crippen molar-refractivity contribution in [3.05, 3.63) is 0 Å². The summed E-state index contributed by atoms with van der Waals surface area (Å²) in [5.74, 6) is 1.61. The molecule has 1 fully saturated rings. The first-order chi connectivity index (χ1) is 5.74. The molecule has 2 atom stereocenters. The lowest BCUT2D eigenvalue weighted by molar-refractivity contribution is 0.182. The lowest BCUT2D eigenvalue weighted by Gasteiger charge is -2.31. The Balaban J connectivity index is 2.36. The van der Waals surface area contributed by atoms with E-state index in [0.717, 1.165) is 19.5 Å². The molecule has 1 aliphatic rings. The van der Waals surface area contributed by atoms with Gasteiger partial charge in [-0.15, -0.1) is 0 Å². The van der Waals surface area contributed by atoms with Crippen LogP contribution in [0.4, 0.5) is 4.39 Å². The fourth-order valence-electron chi connectivity index (χ4n) is 2.07. The second-order valence-electron chi connectivity index (χ2n) is 4.30. The quantitative estimate of drug-likeness (QED) is 0.690. The first-order valence-electron chi connectivity index (χ1n) is 5.00. The van der Waals surface area contributed by atoms with Gasteiger partial charge in [-0.1, -0.05) is 13.8 Å². The van der Waals surface area contributed by atoms with Gasteiger partial charge in [-0.25, -0.2) is 0 Å². The van der Waals surface area contributed by atoms with Crippen molar-refractivity contribution in [2.75, 3.05) is 19.8 Å². The van der Waals surface area contributed by atoms with Crippen LogP contribution >= 0.6 is 0 Å². The molecule has 2 heteroatoms. The van der Waals surface area contributed by atoms with E-state index in [-0.39, 0.29) is 12.6 Å². The summed E-state index contributed by atoms with van der Waals surface area (Å²) in [5.41, 5.74) is 0. The minimum atomic E-state index is -0.148. The van der Waals surface area contributed by atoms with Gasteiger partial charge in [-0.05, 0) is 31.2 Å². The molecule has 0 spiro atoms. The molecule has 12 heavy (non-hydrogen) atoms. The molecule has 0 saturated carbocycles. The molecule has 1 N–H and O–H groups in total. The second kappa shape index (κ2) is 4.80. The van der Waals surface area contributed by atoms with E-state index in [1.54, 1.807) is 0 Å². The van der Waals surface area contributed by atoms with Crippen LogP contribution in [-0.2, 0) is 0 Å². The fourth-order valence-corrected chi connectivity index (χ4v) is 2.07. The summed E-state index contributed by atoms with van der Waals surface area (Å²) in [5, 5.41) is 3.25. The molecule has 1 nitrogen and oxygen atoms in total. The number of hydrogen-bond donors (Lipinski definition) is 1. The summed E-state index contributed by atoms with van der Waals surface area (Å²) < 4.78 is 12.5. The zero-order valence-corrected chi connectivity index (χ0v) is 8.15. The third-order valence-electron chi connectivity index (χ3n) is 2.74. The Kier molecular flexibility index (Phi) is 3.99. The van der Waals surface area contributed by atoms with E-state index < -0.39 is 0 Å². The van der Waals surface area contributed by atoms with E-state index >= 15 is 0 Å². The molecule has 1 aliphatic heterocycles. The molecule has 0 aromatic heterocycles. The topological polar surface area (TPSA) is 12.0 Å². The average molecular weight is 173 g/mol.